The molecule has 1 unspecified atom stereocenters. The van der Waals surface area contributed by atoms with Crippen LogP contribution in [0.3, 0.4) is 0 Å². The van der Waals surface area contributed by atoms with Crippen molar-refractivity contribution in [2.75, 3.05) is 6.61 Å². The number of aromatic nitrogens is 2. The Kier molecular flexibility index (Phi) is 4.78. The Morgan fingerprint density at radius 1 is 1.50 bits per heavy atom. The van der Waals surface area contributed by atoms with E-state index in [1.165, 1.54) is 25.7 Å². The second-order valence-electron chi connectivity index (χ2n) is 5.24. The molecule has 0 aromatic carbocycles. The highest BCUT2D eigenvalue weighted by Gasteiger charge is 2.27. The molecule has 1 N–H and O–H groups in total. The molecule has 0 saturated heterocycles. The Labute approximate surface area is 110 Å². The Morgan fingerprint density at radius 3 is 2.94 bits per heavy atom. The summed E-state index contributed by atoms with van der Waals surface area (Å²) in [5.41, 5.74) is 1.11. The quantitative estimate of drug-likeness (QED) is 0.873. The Morgan fingerprint density at radius 2 is 2.28 bits per heavy atom. The van der Waals surface area contributed by atoms with Gasteiger partial charge in [0.05, 0.1) is 18.1 Å². The summed E-state index contributed by atoms with van der Waals surface area (Å²) in [7, 11) is 2.01. The van der Waals surface area contributed by atoms with E-state index in [4.69, 9.17) is 4.74 Å². The van der Waals surface area contributed by atoms with Gasteiger partial charge in [-0.3, -0.25) is 0 Å². The van der Waals surface area contributed by atoms with E-state index in [1.807, 2.05) is 17.9 Å². The lowest BCUT2D eigenvalue weighted by molar-refractivity contribution is 0.00938. The highest BCUT2D eigenvalue weighted by atomic mass is 16.5. The van der Waals surface area contributed by atoms with Crippen LogP contribution in [0.15, 0.2) is 12.5 Å². The minimum atomic E-state index is 0.289. The van der Waals surface area contributed by atoms with Gasteiger partial charge in [-0.25, -0.2) is 4.98 Å². The van der Waals surface area contributed by atoms with Crippen molar-refractivity contribution in [3.63, 3.8) is 0 Å². The van der Waals surface area contributed by atoms with Crippen LogP contribution in [0.1, 0.15) is 51.3 Å². The predicted molar refractivity (Wildman–Crippen MR) is 72.4 cm³/mol. The number of ether oxygens (including phenoxy) is 1. The molecule has 1 aromatic heterocycles. The van der Waals surface area contributed by atoms with Gasteiger partial charge in [0.1, 0.15) is 0 Å². The van der Waals surface area contributed by atoms with Crippen molar-refractivity contribution in [1.82, 2.24) is 14.9 Å². The summed E-state index contributed by atoms with van der Waals surface area (Å²) in [4.78, 5) is 4.41. The predicted octanol–water partition coefficient (Wildman–Crippen LogP) is 2.42. The zero-order valence-electron chi connectivity index (χ0n) is 11.7. The lowest BCUT2D eigenvalue weighted by Crippen LogP contribution is -2.44. The third-order valence-corrected chi connectivity index (χ3v) is 3.72. The second kappa shape index (κ2) is 6.34. The maximum atomic E-state index is 5.85. The fraction of sp³-hybridized carbons (Fsp3) is 0.786. The molecular formula is C14H25N3O. The molecular weight excluding hydrogens is 226 g/mol. The first-order valence-corrected chi connectivity index (χ1v) is 7.06. The van der Waals surface area contributed by atoms with Crippen molar-refractivity contribution in [3.05, 3.63) is 18.2 Å². The number of imidazole rings is 1. The van der Waals surface area contributed by atoms with E-state index in [9.17, 15) is 0 Å². The number of aryl methyl sites for hydroxylation is 1. The van der Waals surface area contributed by atoms with Crippen LogP contribution in [-0.4, -0.2) is 28.3 Å². The molecule has 2 rings (SSSR count). The van der Waals surface area contributed by atoms with Crippen LogP contribution in [0.4, 0.5) is 0 Å². The van der Waals surface area contributed by atoms with Gasteiger partial charge in [0.15, 0.2) is 0 Å². The molecule has 4 heteroatoms. The first-order valence-electron chi connectivity index (χ1n) is 7.06. The molecule has 3 atom stereocenters. The summed E-state index contributed by atoms with van der Waals surface area (Å²) in [6, 6.07) is 0.757. The third kappa shape index (κ3) is 3.33. The average Bonchev–Trinajstić information content (AvgIpc) is 2.79. The fourth-order valence-corrected chi connectivity index (χ4v) is 2.76. The number of nitrogens with one attached hydrogen (secondary N) is 1. The van der Waals surface area contributed by atoms with Gasteiger partial charge in [0.2, 0.25) is 0 Å². The summed E-state index contributed by atoms with van der Waals surface area (Å²) < 4.78 is 7.84. The normalized spacial score (nSPS) is 26.2. The van der Waals surface area contributed by atoms with Crippen molar-refractivity contribution in [3.8, 4) is 0 Å². The van der Waals surface area contributed by atoms with Crippen LogP contribution in [0.25, 0.3) is 0 Å². The van der Waals surface area contributed by atoms with Crippen LogP contribution in [0, 0.1) is 0 Å². The molecule has 0 amide bonds. The zero-order valence-corrected chi connectivity index (χ0v) is 11.7. The van der Waals surface area contributed by atoms with Gasteiger partial charge in [-0.1, -0.05) is 12.8 Å². The molecule has 1 fully saturated rings. The van der Waals surface area contributed by atoms with Crippen LogP contribution in [0.5, 0.6) is 0 Å². The number of hydrogen-bond donors (Lipinski definition) is 1. The van der Waals surface area contributed by atoms with Gasteiger partial charge in [-0.2, -0.15) is 0 Å². The van der Waals surface area contributed by atoms with Crippen molar-refractivity contribution < 1.29 is 4.74 Å². The summed E-state index contributed by atoms with van der Waals surface area (Å²) in [5.74, 6) is 0. The topological polar surface area (TPSA) is 39.1 Å². The maximum absolute atomic E-state index is 5.85. The summed E-state index contributed by atoms with van der Waals surface area (Å²) in [5, 5.41) is 3.68. The molecule has 1 aliphatic rings. The minimum absolute atomic E-state index is 0.289. The molecule has 1 aliphatic carbocycles. The average molecular weight is 251 g/mol. The van der Waals surface area contributed by atoms with Gasteiger partial charge >= 0.3 is 0 Å². The van der Waals surface area contributed by atoms with Gasteiger partial charge in [0, 0.05) is 31.9 Å². The van der Waals surface area contributed by atoms with Crippen molar-refractivity contribution in [1.29, 1.82) is 0 Å². The van der Waals surface area contributed by atoms with E-state index in [0.29, 0.717) is 12.1 Å². The number of hydrogen-bond acceptors (Lipinski definition) is 3. The van der Waals surface area contributed by atoms with E-state index in [2.05, 4.69) is 30.3 Å². The first-order chi connectivity index (χ1) is 8.70. The van der Waals surface area contributed by atoms with Crippen LogP contribution in [-0.2, 0) is 11.8 Å². The number of rotatable bonds is 5. The van der Waals surface area contributed by atoms with E-state index in [1.54, 1.807) is 0 Å². The zero-order chi connectivity index (χ0) is 13.0. The Balaban J connectivity index is 1.93. The highest BCUT2D eigenvalue weighted by molar-refractivity contribution is 5.03. The molecule has 0 bridgehead atoms. The molecule has 1 heterocycles. The van der Waals surface area contributed by atoms with E-state index in [-0.39, 0.29) is 6.04 Å². The summed E-state index contributed by atoms with van der Waals surface area (Å²) in [6.07, 6.45) is 9.29. The van der Waals surface area contributed by atoms with Crippen LogP contribution in [0.2, 0.25) is 0 Å². The van der Waals surface area contributed by atoms with E-state index >= 15 is 0 Å². The first kappa shape index (κ1) is 13.6. The van der Waals surface area contributed by atoms with Crippen molar-refractivity contribution in [2.45, 2.75) is 57.7 Å². The van der Waals surface area contributed by atoms with Crippen LogP contribution < -0.4 is 5.32 Å². The van der Waals surface area contributed by atoms with Crippen molar-refractivity contribution in [2.24, 2.45) is 7.05 Å². The highest BCUT2D eigenvalue weighted by Crippen LogP contribution is 2.23. The lowest BCUT2D eigenvalue weighted by Gasteiger charge is -2.33. The molecule has 4 nitrogen and oxygen atoms in total. The van der Waals surface area contributed by atoms with Crippen molar-refractivity contribution >= 4 is 0 Å². The van der Waals surface area contributed by atoms with Gasteiger partial charge < -0.3 is 14.6 Å². The van der Waals surface area contributed by atoms with Crippen LogP contribution >= 0.6 is 0 Å². The Bertz CT molecular complexity index is 362. The monoisotopic (exact) mass is 251 g/mol. The number of nitrogens with zero attached hydrogens (tertiary/aromatic N) is 2. The molecule has 0 radical (unpaired) electrons. The largest absolute Gasteiger partial charge is 0.377 e. The molecule has 0 aliphatic heterocycles. The van der Waals surface area contributed by atoms with Gasteiger partial charge in [0.25, 0.3) is 0 Å². The summed E-state index contributed by atoms with van der Waals surface area (Å²) in [6.45, 7) is 5.06. The van der Waals surface area contributed by atoms with Gasteiger partial charge in [-0.15, -0.1) is 0 Å². The molecule has 102 valence electrons. The smallest absolute Gasteiger partial charge is 0.0947 e. The molecule has 1 aromatic rings. The maximum Gasteiger partial charge on any atom is 0.0947 e. The second-order valence-corrected chi connectivity index (χ2v) is 5.24. The standard InChI is InChI=1S/C14H25N3O/c1-4-18-14-8-6-5-7-12(14)16-11(2)13-9-17(3)10-15-13/h9-12,14,16H,4-8H2,1-3H3/t11?,12-,14-/m1/s1. The van der Waals surface area contributed by atoms with E-state index in [0.717, 1.165) is 12.3 Å². The van der Waals surface area contributed by atoms with E-state index < -0.39 is 0 Å². The molecule has 18 heavy (non-hydrogen) atoms. The fourth-order valence-electron chi connectivity index (χ4n) is 2.76. The van der Waals surface area contributed by atoms with Gasteiger partial charge in [-0.05, 0) is 26.7 Å². The Hall–Kier alpha value is -0.870. The third-order valence-electron chi connectivity index (χ3n) is 3.72. The summed E-state index contributed by atoms with van der Waals surface area (Å²) >= 11 is 0. The SMILES string of the molecule is CCO[C@@H]1CCCC[C@H]1NC(C)c1cn(C)cn1. The molecule has 0 spiro atoms. The molecule has 1 saturated carbocycles. The minimum Gasteiger partial charge on any atom is -0.377 e. The lowest BCUT2D eigenvalue weighted by atomic mass is 9.91.